The van der Waals surface area contributed by atoms with Gasteiger partial charge in [0.25, 0.3) is 17.4 Å². The standard InChI is InChI=1S/C45H55N7O9/c1-48(2)23-36-38(59-4)17-27(18-39(36)60-5)34-24-49(3)42(55)35-25-51(13-11-31(34)35)45(58)46-20-26-15-28-21-50(22-29(28)16-26)12-6-14-61-30-7-8-32-33(19-30)44(57)52(43(32)56)37-9-10-40(53)47-41(37)54/h7-8,17-19,24,26,28-29,37H,6,9-16,20-23,25H2,1-5H3,(H,46,58)(H,47,53,54). The van der Waals surface area contributed by atoms with E-state index in [0.717, 1.165) is 66.1 Å². The molecule has 3 fully saturated rings. The van der Waals surface area contributed by atoms with E-state index in [1.807, 2.05) is 32.4 Å². The van der Waals surface area contributed by atoms with Crippen LogP contribution in [0.2, 0.25) is 0 Å². The Morgan fingerprint density at radius 2 is 1.61 bits per heavy atom. The van der Waals surface area contributed by atoms with E-state index < -0.39 is 29.7 Å². The minimum absolute atomic E-state index is 0.0698. The number of nitrogens with zero attached hydrogens (tertiary/aromatic N) is 5. The number of ether oxygens (including phenoxy) is 3. The van der Waals surface area contributed by atoms with Gasteiger partial charge in [0.15, 0.2) is 0 Å². The highest BCUT2D eigenvalue weighted by Gasteiger charge is 2.45. The molecule has 324 valence electrons. The molecule has 3 aromatic rings. The predicted molar refractivity (Wildman–Crippen MR) is 224 cm³/mol. The van der Waals surface area contributed by atoms with Crippen LogP contribution in [0, 0.1) is 17.8 Å². The van der Waals surface area contributed by atoms with E-state index in [0.29, 0.717) is 73.2 Å². The molecule has 0 bridgehead atoms. The number of fused-ring (bicyclic) bond motifs is 3. The largest absolute Gasteiger partial charge is 0.496 e. The van der Waals surface area contributed by atoms with Crippen molar-refractivity contribution in [2.24, 2.45) is 24.8 Å². The molecule has 16 nitrogen and oxygen atoms in total. The zero-order chi connectivity index (χ0) is 43.1. The molecular formula is C45H55N7O9. The summed E-state index contributed by atoms with van der Waals surface area (Å²) in [6.45, 7) is 5.34. The topological polar surface area (TPSA) is 172 Å². The fourth-order valence-electron chi connectivity index (χ4n) is 10.1. The first-order chi connectivity index (χ1) is 29.3. The molecule has 3 unspecified atom stereocenters. The number of methoxy groups -OCH3 is 2. The summed E-state index contributed by atoms with van der Waals surface area (Å²) in [6.07, 6.45) is 5.52. The quantitative estimate of drug-likeness (QED) is 0.192. The number of carbonyl (C=O) groups excluding carboxylic acids is 5. The third kappa shape index (κ3) is 8.34. The number of imide groups is 2. The zero-order valence-electron chi connectivity index (χ0n) is 35.6. The van der Waals surface area contributed by atoms with Crippen LogP contribution in [0.4, 0.5) is 4.79 Å². The van der Waals surface area contributed by atoms with Crippen LogP contribution in [0.1, 0.15) is 69.5 Å². The van der Waals surface area contributed by atoms with Gasteiger partial charge in [0.2, 0.25) is 11.8 Å². The monoisotopic (exact) mass is 837 g/mol. The van der Waals surface area contributed by atoms with E-state index in [1.165, 1.54) is 0 Å². The number of pyridine rings is 1. The summed E-state index contributed by atoms with van der Waals surface area (Å²) in [5.74, 6) is 1.33. The number of aromatic nitrogens is 1. The first-order valence-electron chi connectivity index (χ1n) is 21.2. The summed E-state index contributed by atoms with van der Waals surface area (Å²) in [6, 6.07) is 7.65. The SMILES string of the molecule is COc1cc(-c2cn(C)c(=O)c3c2CCN(C(=O)NCC2CC4CN(CCCOc5ccc6c(c5)C(=O)N(C5CCC(=O)NC5=O)C6=O)CC4C2)C3)cc(OC)c1CN(C)C. The van der Waals surface area contributed by atoms with Gasteiger partial charge >= 0.3 is 6.03 Å². The van der Waals surface area contributed by atoms with Crippen LogP contribution in [0.3, 0.4) is 0 Å². The summed E-state index contributed by atoms with van der Waals surface area (Å²) < 4.78 is 19.2. The molecule has 5 heterocycles. The molecule has 5 aliphatic rings. The summed E-state index contributed by atoms with van der Waals surface area (Å²) in [7, 11) is 9.03. The first kappa shape index (κ1) is 42.0. The van der Waals surface area contributed by atoms with Crippen LogP contribution < -0.4 is 30.4 Å². The molecule has 8 rings (SSSR count). The lowest BCUT2D eigenvalue weighted by Gasteiger charge is -2.31. The normalized spacial score (nSPS) is 22.3. The van der Waals surface area contributed by atoms with Gasteiger partial charge in [-0.2, -0.15) is 0 Å². The van der Waals surface area contributed by atoms with Gasteiger partial charge in [-0.25, -0.2) is 4.79 Å². The summed E-state index contributed by atoms with van der Waals surface area (Å²) in [5, 5.41) is 5.41. The van der Waals surface area contributed by atoms with Crippen molar-refractivity contribution in [2.45, 2.75) is 57.7 Å². The zero-order valence-corrected chi connectivity index (χ0v) is 35.6. The van der Waals surface area contributed by atoms with E-state index in [9.17, 15) is 28.8 Å². The van der Waals surface area contributed by atoms with Crippen LogP contribution in [0.25, 0.3) is 11.1 Å². The van der Waals surface area contributed by atoms with Gasteiger partial charge in [-0.3, -0.25) is 34.2 Å². The Balaban J connectivity index is 0.794. The summed E-state index contributed by atoms with van der Waals surface area (Å²) >= 11 is 0. The molecule has 61 heavy (non-hydrogen) atoms. The second-order valence-corrected chi connectivity index (χ2v) is 17.3. The number of aryl methyl sites for hydroxylation is 1. The third-order valence-electron chi connectivity index (χ3n) is 13.0. The number of carbonyl (C=O) groups is 5. The average molecular weight is 838 g/mol. The van der Waals surface area contributed by atoms with E-state index >= 15 is 0 Å². The van der Waals surface area contributed by atoms with Crippen LogP contribution in [0.5, 0.6) is 17.2 Å². The number of hydrogen-bond donors (Lipinski definition) is 2. The van der Waals surface area contributed by atoms with Gasteiger partial charge in [0.05, 0.1) is 44.1 Å². The van der Waals surface area contributed by atoms with E-state index in [1.54, 1.807) is 48.9 Å². The third-order valence-corrected chi connectivity index (χ3v) is 13.0. The van der Waals surface area contributed by atoms with Crippen molar-refractivity contribution < 1.29 is 38.2 Å². The minimum Gasteiger partial charge on any atom is -0.496 e. The lowest BCUT2D eigenvalue weighted by Crippen LogP contribution is -2.54. The Labute approximate surface area is 355 Å². The molecule has 2 aromatic carbocycles. The highest BCUT2D eigenvalue weighted by molar-refractivity contribution is 6.23. The van der Waals surface area contributed by atoms with Crippen molar-refractivity contribution in [1.82, 2.24) is 34.8 Å². The number of benzene rings is 2. The Hall–Kier alpha value is -5.74. The lowest BCUT2D eigenvalue weighted by molar-refractivity contribution is -0.136. The number of amides is 6. The molecule has 1 saturated carbocycles. The fraction of sp³-hybridized carbons (Fsp3) is 0.511. The van der Waals surface area contributed by atoms with Crippen molar-refractivity contribution in [3.63, 3.8) is 0 Å². The van der Waals surface area contributed by atoms with Gasteiger partial charge in [-0.1, -0.05) is 0 Å². The Morgan fingerprint density at radius 3 is 2.28 bits per heavy atom. The maximum Gasteiger partial charge on any atom is 0.317 e. The van der Waals surface area contributed by atoms with Crippen molar-refractivity contribution >= 4 is 29.7 Å². The molecule has 2 saturated heterocycles. The molecule has 0 radical (unpaired) electrons. The van der Waals surface area contributed by atoms with Gasteiger partial charge in [-0.15, -0.1) is 0 Å². The number of piperidine rings is 1. The fourth-order valence-corrected chi connectivity index (χ4v) is 10.1. The molecule has 4 aliphatic heterocycles. The average Bonchev–Trinajstić information content (AvgIpc) is 3.88. The van der Waals surface area contributed by atoms with E-state index in [-0.39, 0.29) is 42.1 Å². The van der Waals surface area contributed by atoms with Crippen molar-refractivity contribution in [1.29, 1.82) is 0 Å². The predicted octanol–water partition coefficient (Wildman–Crippen LogP) is 3.03. The van der Waals surface area contributed by atoms with Crippen LogP contribution in [0.15, 0.2) is 41.3 Å². The lowest BCUT2D eigenvalue weighted by atomic mass is 9.91. The summed E-state index contributed by atoms with van der Waals surface area (Å²) in [5.41, 5.74) is 4.69. The van der Waals surface area contributed by atoms with Crippen LogP contribution >= 0.6 is 0 Å². The Morgan fingerprint density at radius 1 is 0.902 bits per heavy atom. The maximum atomic E-state index is 13.5. The van der Waals surface area contributed by atoms with E-state index in [2.05, 4.69) is 20.4 Å². The minimum atomic E-state index is -1.00. The molecule has 0 spiro atoms. The van der Waals surface area contributed by atoms with Gasteiger partial charge < -0.3 is 38.8 Å². The highest BCUT2D eigenvalue weighted by atomic mass is 16.5. The smallest absolute Gasteiger partial charge is 0.317 e. The van der Waals surface area contributed by atoms with Gasteiger partial charge in [0.1, 0.15) is 23.3 Å². The number of nitrogens with one attached hydrogen (secondary N) is 2. The van der Waals surface area contributed by atoms with E-state index in [4.69, 9.17) is 14.2 Å². The molecule has 3 atom stereocenters. The maximum absolute atomic E-state index is 13.5. The molecule has 1 aliphatic carbocycles. The van der Waals surface area contributed by atoms with Crippen molar-refractivity contribution in [3.8, 4) is 28.4 Å². The van der Waals surface area contributed by atoms with Crippen molar-refractivity contribution in [3.05, 3.63) is 74.7 Å². The van der Waals surface area contributed by atoms with Gasteiger partial charge in [-0.05, 0) is 105 Å². The molecule has 16 heteroatoms. The second kappa shape index (κ2) is 17.3. The number of urea groups is 1. The molecule has 1 aromatic heterocycles. The molecular weight excluding hydrogens is 783 g/mol. The van der Waals surface area contributed by atoms with Crippen LogP contribution in [-0.2, 0) is 36.1 Å². The molecule has 6 amide bonds. The highest BCUT2D eigenvalue weighted by Crippen LogP contribution is 2.42. The first-order valence-corrected chi connectivity index (χ1v) is 21.2. The molecule has 2 N–H and O–H groups in total. The Bertz CT molecular complexity index is 2290. The van der Waals surface area contributed by atoms with Crippen LogP contribution in [-0.4, -0.2) is 128 Å². The number of hydrogen-bond acceptors (Lipinski definition) is 11. The second-order valence-electron chi connectivity index (χ2n) is 17.3. The number of likely N-dealkylation sites (tertiary alicyclic amines) is 1. The summed E-state index contributed by atoms with van der Waals surface area (Å²) in [4.78, 5) is 84.4. The van der Waals surface area contributed by atoms with Gasteiger partial charge in [0, 0.05) is 70.1 Å². The van der Waals surface area contributed by atoms with Crippen molar-refractivity contribution in [2.75, 3.05) is 67.6 Å². The number of rotatable bonds is 13. The Kier molecular flexibility index (Phi) is 11.9.